The number of carboxylic acid groups (broad SMARTS) is 1. The van der Waals surface area contributed by atoms with Gasteiger partial charge < -0.3 is 24.9 Å². The normalized spacial score (nSPS) is 11.0. The van der Waals surface area contributed by atoms with Gasteiger partial charge in [0.2, 0.25) is 0 Å². The molecule has 2 aromatic heterocycles. The van der Waals surface area contributed by atoms with E-state index in [1.54, 1.807) is 36.1 Å². The number of fused-ring (bicyclic) bond motifs is 1. The number of aromatic nitrogens is 3. The lowest BCUT2D eigenvalue weighted by Gasteiger charge is -2.16. The molecule has 0 aliphatic heterocycles. The minimum atomic E-state index is -0.865. The van der Waals surface area contributed by atoms with Crippen LogP contribution < -0.4 is 5.73 Å². The van der Waals surface area contributed by atoms with Crippen LogP contribution >= 0.6 is 0 Å². The van der Waals surface area contributed by atoms with Crippen molar-refractivity contribution < 1.29 is 28.6 Å². The van der Waals surface area contributed by atoms with E-state index in [0.717, 1.165) is 5.56 Å². The summed E-state index contributed by atoms with van der Waals surface area (Å²) in [6.07, 6.45) is 1.14. The van der Waals surface area contributed by atoms with Crippen LogP contribution in [0.4, 0.5) is 10.2 Å². The molecule has 2 aromatic carbocycles. The van der Waals surface area contributed by atoms with Gasteiger partial charge >= 0.3 is 12.0 Å². The number of esters is 1. The highest BCUT2D eigenvalue weighted by atomic mass is 19.1. The van der Waals surface area contributed by atoms with Gasteiger partial charge in [-0.15, -0.1) is 0 Å². The number of ether oxygens (including phenoxy) is 2. The predicted molar refractivity (Wildman–Crippen MR) is 143 cm³/mol. The highest BCUT2D eigenvalue weighted by Gasteiger charge is 2.15. The van der Waals surface area contributed by atoms with Crippen molar-refractivity contribution in [1.29, 1.82) is 0 Å². The fraction of sp³-hybridized carbons (Fsp3) is 0.286. The average Bonchev–Trinajstić information content (AvgIpc) is 3.30. The maximum atomic E-state index is 13.4. The van der Waals surface area contributed by atoms with E-state index >= 15 is 0 Å². The molecule has 1 atom stereocenters. The Morgan fingerprint density at radius 1 is 1.03 bits per heavy atom. The molecule has 0 radical (unpaired) electrons. The summed E-state index contributed by atoms with van der Waals surface area (Å²) in [6, 6.07) is 17.4. The first-order valence-corrected chi connectivity index (χ1v) is 11.8. The third kappa shape index (κ3) is 9.29. The van der Waals surface area contributed by atoms with Crippen LogP contribution in [0.2, 0.25) is 0 Å². The molecule has 10 heteroatoms. The highest BCUT2D eigenvalue weighted by Crippen LogP contribution is 2.19. The van der Waals surface area contributed by atoms with Crippen LogP contribution in [0.1, 0.15) is 33.5 Å². The number of nitrogens with two attached hydrogens (primary N) is 1. The van der Waals surface area contributed by atoms with Crippen LogP contribution in [-0.4, -0.2) is 51.9 Å². The highest BCUT2D eigenvalue weighted by molar-refractivity contribution is 5.89. The first kappa shape index (κ1) is 29.9. The Balaban J connectivity index is 0.000000385. The van der Waals surface area contributed by atoms with Crippen LogP contribution in [-0.2, 0) is 20.8 Å². The van der Waals surface area contributed by atoms with Crippen molar-refractivity contribution in [3.63, 3.8) is 0 Å². The number of hydrogen-bond donors (Lipinski definition) is 2. The Morgan fingerprint density at radius 2 is 1.55 bits per heavy atom. The van der Waals surface area contributed by atoms with E-state index in [9.17, 15) is 9.18 Å². The van der Waals surface area contributed by atoms with Gasteiger partial charge in [0, 0.05) is 19.9 Å². The van der Waals surface area contributed by atoms with Crippen LogP contribution in [0.3, 0.4) is 0 Å². The summed E-state index contributed by atoms with van der Waals surface area (Å²) in [5.74, 6) is -0.294. The molecule has 4 rings (SSSR count). The topological polar surface area (TPSA) is 130 Å². The zero-order valence-electron chi connectivity index (χ0n) is 21.9. The van der Waals surface area contributed by atoms with E-state index in [4.69, 9.17) is 25.1 Å². The van der Waals surface area contributed by atoms with Crippen molar-refractivity contribution in [3.05, 3.63) is 89.1 Å². The summed E-state index contributed by atoms with van der Waals surface area (Å²) in [5.41, 5.74) is 10.4. The Labute approximate surface area is 221 Å². The van der Waals surface area contributed by atoms with Gasteiger partial charge in [-0.05, 0) is 45.4 Å². The minimum Gasteiger partial charge on any atom is -0.483 e. The summed E-state index contributed by atoms with van der Waals surface area (Å²) < 4.78 is 25.9. The standard InChI is InChI=1S/C19H21FN4O3.C8H10.CH2O2/c1-12-3-5-13(6-4-12)18(25)27-11-14(26-2)7-9-24-10-8-15-16(21)22-19(20)23-17(15)24;1-7-3-5-8(2)6-4-7;2-1-3/h3-6,8,10,14H,7,9,11H2,1-2H3,(H2,21,22,23);3-6H,1-2H3;1H,(H,2,3). The van der Waals surface area contributed by atoms with Gasteiger partial charge in [-0.1, -0.05) is 53.1 Å². The van der Waals surface area contributed by atoms with Crippen molar-refractivity contribution in [2.75, 3.05) is 19.5 Å². The van der Waals surface area contributed by atoms with Gasteiger partial charge in [0.05, 0.1) is 17.1 Å². The Hall–Kier alpha value is -4.31. The molecule has 0 saturated heterocycles. The number of nitrogens with zero attached hydrogens (tertiary/aromatic N) is 3. The third-order valence-electron chi connectivity index (χ3n) is 5.55. The van der Waals surface area contributed by atoms with Crippen molar-refractivity contribution in [3.8, 4) is 0 Å². The molecule has 0 aliphatic rings. The first-order chi connectivity index (χ1) is 18.2. The molecule has 3 N–H and O–H groups in total. The van der Waals surface area contributed by atoms with Crippen LogP contribution in [0, 0.1) is 26.8 Å². The fourth-order valence-electron chi connectivity index (χ4n) is 3.37. The number of aryl methyl sites for hydroxylation is 4. The smallest absolute Gasteiger partial charge is 0.338 e. The van der Waals surface area contributed by atoms with E-state index in [0.29, 0.717) is 29.6 Å². The Bertz CT molecular complexity index is 1290. The van der Waals surface area contributed by atoms with Gasteiger partial charge in [-0.25, -0.2) is 4.79 Å². The number of benzene rings is 2. The summed E-state index contributed by atoms with van der Waals surface area (Å²) in [4.78, 5) is 27.8. The number of halogens is 1. The minimum absolute atomic E-state index is 0.103. The third-order valence-corrected chi connectivity index (χ3v) is 5.55. The van der Waals surface area contributed by atoms with Crippen LogP contribution in [0.5, 0.6) is 0 Å². The second-order valence-electron chi connectivity index (χ2n) is 8.50. The number of nitrogen functional groups attached to an aromatic ring is 1. The molecule has 2 heterocycles. The predicted octanol–water partition coefficient (Wildman–Crippen LogP) is 4.73. The molecule has 0 saturated carbocycles. The summed E-state index contributed by atoms with van der Waals surface area (Å²) in [5, 5.41) is 7.48. The number of methoxy groups -OCH3 is 1. The van der Waals surface area contributed by atoms with Gasteiger partial charge in [-0.3, -0.25) is 4.79 Å². The SMILES string of the molecule is COC(CCn1ccc2c(N)nc(F)nc21)COC(=O)c1ccc(C)cc1.Cc1ccc(C)cc1.O=CO. The van der Waals surface area contributed by atoms with Crippen molar-refractivity contribution in [1.82, 2.24) is 14.5 Å². The van der Waals surface area contributed by atoms with E-state index in [1.165, 1.54) is 11.1 Å². The second-order valence-corrected chi connectivity index (χ2v) is 8.50. The molecule has 0 spiro atoms. The Kier molecular flexibility index (Phi) is 11.9. The fourth-order valence-corrected chi connectivity index (χ4v) is 3.37. The molecule has 4 aromatic rings. The van der Waals surface area contributed by atoms with E-state index in [-0.39, 0.29) is 25.0 Å². The van der Waals surface area contributed by atoms with Crippen molar-refractivity contribution >= 4 is 29.3 Å². The summed E-state index contributed by atoms with van der Waals surface area (Å²) >= 11 is 0. The number of anilines is 1. The van der Waals surface area contributed by atoms with E-state index in [1.807, 2.05) is 19.1 Å². The van der Waals surface area contributed by atoms with Crippen molar-refractivity contribution in [2.24, 2.45) is 0 Å². The number of rotatable bonds is 7. The number of carbonyl (C=O) groups excluding carboxylic acids is 1. The van der Waals surface area contributed by atoms with Crippen molar-refractivity contribution in [2.45, 2.75) is 39.8 Å². The zero-order chi connectivity index (χ0) is 28.1. The van der Waals surface area contributed by atoms with Crippen LogP contribution in [0.25, 0.3) is 11.0 Å². The molecule has 0 amide bonds. The maximum absolute atomic E-state index is 13.4. The second kappa shape index (κ2) is 15.1. The van der Waals surface area contributed by atoms with E-state index in [2.05, 4.69) is 48.1 Å². The summed E-state index contributed by atoms with van der Waals surface area (Å²) in [6.45, 7) is 6.51. The zero-order valence-corrected chi connectivity index (χ0v) is 21.9. The summed E-state index contributed by atoms with van der Waals surface area (Å²) in [7, 11) is 1.55. The molecule has 1 unspecified atom stereocenters. The van der Waals surface area contributed by atoms with E-state index < -0.39 is 12.0 Å². The Morgan fingerprint density at radius 3 is 2.08 bits per heavy atom. The maximum Gasteiger partial charge on any atom is 0.338 e. The molecule has 0 bridgehead atoms. The van der Waals surface area contributed by atoms with Gasteiger partial charge in [0.1, 0.15) is 18.1 Å². The molecular formula is C28H33FN4O5. The first-order valence-electron chi connectivity index (χ1n) is 11.8. The molecule has 202 valence electrons. The van der Waals surface area contributed by atoms with Crippen LogP contribution in [0.15, 0.2) is 60.8 Å². The molecule has 38 heavy (non-hydrogen) atoms. The lowest BCUT2D eigenvalue weighted by atomic mass is 10.1. The van der Waals surface area contributed by atoms with Gasteiger partial charge in [-0.2, -0.15) is 14.4 Å². The monoisotopic (exact) mass is 524 g/mol. The number of hydrogen-bond acceptors (Lipinski definition) is 7. The quantitative estimate of drug-likeness (QED) is 0.202. The van der Waals surface area contributed by atoms with Gasteiger partial charge in [0.15, 0.2) is 0 Å². The van der Waals surface area contributed by atoms with Gasteiger partial charge in [0.25, 0.3) is 6.47 Å². The lowest BCUT2D eigenvalue weighted by Crippen LogP contribution is -2.22. The number of carbonyl (C=O) groups is 2. The lowest BCUT2D eigenvalue weighted by molar-refractivity contribution is -0.122. The molecule has 0 fully saturated rings. The molecule has 0 aliphatic carbocycles. The molecular weight excluding hydrogens is 491 g/mol. The average molecular weight is 525 g/mol. The molecule has 9 nitrogen and oxygen atoms in total. The largest absolute Gasteiger partial charge is 0.483 e.